The lowest BCUT2D eigenvalue weighted by Gasteiger charge is -2.13. The van der Waals surface area contributed by atoms with E-state index in [-0.39, 0.29) is 0 Å². The molecule has 1 N–H and O–H groups in total. The summed E-state index contributed by atoms with van der Waals surface area (Å²) in [7, 11) is 2.12. The highest BCUT2D eigenvalue weighted by molar-refractivity contribution is 7.22. The molecule has 0 fully saturated rings. The Morgan fingerprint density at radius 1 is 1.37 bits per heavy atom. The van der Waals surface area contributed by atoms with Gasteiger partial charge in [0.25, 0.3) is 0 Å². The van der Waals surface area contributed by atoms with Crippen molar-refractivity contribution >= 4 is 26.7 Å². The van der Waals surface area contributed by atoms with Crippen LogP contribution in [0.25, 0.3) is 10.2 Å². The largest absolute Gasteiger partial charge is 0.494 e. The number of aromatic nitrogens is 1. The molecule has 2 rings (SSSR count). The molecule has 0 saturated heterocycles. The van der Waals surface area contributed by atoms with Crippen LogP contribution in [0.2, 0.25) is 0 Å². The fourth-order valence-electron chi connectivity index (χ4n) is 1.75. The fraction of sp³-hybridized carbons (Fsp3) is 0.500. The molecule has 0 aliphatic heterocycles. The van der Waals surface area contributed by atoms with Crippen LogP contribution in [0.5, 0.6) is 5.75 Å². The smallest absolute Gasteiger partial charge is 0.183 e. The zero-order valence-electron chi connectivity index (χ0n) is 11.8. The van der Waals surface area contributed by atoms with Gasteiger partial charge in [-0.1, -0.05) is 18.3 Å². The standard InChI is InChI=1S/C14H21N3OS/c1-4-17(3)9-8-15-14-16-12-7-6-11(18-5-2)10-13(12)19-14/h6-7,10H,4-5,8-9H2,1-3H3,(H,15,16). The van der Waals surface area contributed by atoms with Gasteiger partial charge >= 0.3 is 0 Å². The number of rotatable bonds is 7. The van der Waals surface area contributed by atoms with Gasteiger partial charge in [0.15, 0.2) is 5.13 Å². The van der Waals surface area contributed by atoms with E-state index in [1.165, 1.54) is 0 Å². The SMILES string of the molecule is CCOc1ccc2nc(NCCN(C)CC)sc2c1. The van der Waals surface area contributed by atoms with Crippen LogP contribution in [0.3, 0.4) is 0 Å². The topological polar surface area (TPSA) is 37.4 Å². The van der Waals surface area contributed by atoms with E-state index in [0.29, 0.717) is 6.61 Å². The minimum Gasteiger partial charge on any atom is -0.494 e. The van der Waals surface area contributed by atoms with Crippen LogP contribution in [0.1, 0.15) is 13.8 Å². The zero-order valence-corrected chi connectivity index (χ0v) is 12.6. The van der Waals surface area contributed by atoms with Crippen molar-refractivity contribution < 1.29 is 4.74 Å². The number of hydrogen-bond donors (Lipinski definition) is 1. The maximum Gasteiger partial charge on any atom is 0.183 e. The second-order valence-electron chi connectivity index (χ2n) is 4.40. The molecule has 104 valence electrons. The molecule has 0 atom stereocenters. The van der Waals surface area contributed by atoms with Gasteiger partial charge in [-0.25, -0.2) is 4.98 Å². The Hall–Kier alpha value is -1.33. The number of fused-ring (bicyclic) bond motifs is 1. The number of anilines is 1. The van der Waals surface area contributed by atoms with Crippen molar-refractivity contribution in [2.75, 3.05) is 38.6 Å². The Morgan fingerprint density at radius 3 is 2.95 bits per heavy atom. The Bertz CT molecular complexity index is 526. The minimum absolute atomic E-state index is 0.693. The van der Waals surface area contributed by atoms with Crippen LogP contribution in [-0.2, 0) is 0 Å². The fourth-order valence-corrected chi connectivity index (χ4v) is 2.67. The summed E-state index contributed by atoms with van der Waals surface area (Å²) in [6, 6.07) is 6.04. The predicted molar refractivity (Wildman–Crippen MR) is 82.4 cm³/mol. The number of benzene rings is 1. The van der Waals surface area contributed by atoms with E-state index < -0.39 is 0 Å². The minimum atomic E-state index is 0.693. The molecule has 0 aliphatic rings. The Morgan fingerprint density at radius 2 is 2.21 bits per heavy atom. The number of ether oxygens (including phenoxy) is 1. The van der Waals surface area contributed by atoms with Crippen molar-refractivity contribution in [3.8, 4) is 5.75 Å². The number of nitrogens with zero attached hydrogens (tertiary/aromatic N) is 2. The summed E-state index contributed by atoms with van der Waals surface area (Å²) in [4.78, 5) is 6.84. The third kappa shape index (κ3) is 3.81. The molecule has 5 heteroatoms. The molecule has 4 nitrogen and oxygen atoms in total. The molecule has 0 spiro atoms. The quantitative estimate of drug-likeness (QED) is 0.845. The molecular weight excluding hydrogens is 258 g/mol. The molecule has 0 amide bonds. The van der Waals surface area contributed by atoms with E-state index in [9.17, 15) is 0 Å². The summed E-state index contributed by atoms with van der Waals surface area (Å²) in [6.07, 6.45) is 0. The van der Waals surface area contributed by atoms with Gasteiger partial charge in [0, 0.05) is 13.1 Å². The van der Waals surface area contributed by atoms with Crippen molar-refractivity contribution in [2.45, 2.75) is 13.8 Å². The van der Waals surface area contributed by atoms with E-state index in [0.717, 1.165) is 40.7 Å². The third-order valence-electron chi connectivity index (χ3n) is 2.98. The monoisotopic (exact) mass is 279 g/mol. The van der Waals surface area contributed by atoms with E-state index in [1.807, 2.05) is 19.1 Å². The van der Waals surface area contributed by atoms with Crippen molar-refractivity contribution in [3.05, 3.63) is 18.2 Å². The van der Waals surface area contributed by atoms with Crippen LogP contribution >= 0.6 is 11.3 Å². The molecule has 1 aromatic carbocycles. The van der Waals surface area contributed by atoms with Gasteiger partial charge < -0.3 is 15.0 Å². The van der Waals surface area contributed by atoms with Gasteiger partial charge in [-0.3, -0.25) is 0 Å². The summed E-state index contributed by atoms with van der Waals surface area (Å²) < 4.78 is 6.67. The first kappa shape index (κ1) is 14.1. The number of hydrogen-bond acceptors (Lipinski definition) is 5. The molecular formula is C14H21N3OS. The van der Waals surface area contributed by atoms with Crippen LogP contribution in [-0.4, -0.2) is 43.2 Å². The summed E-state index contributed by atoms with van der Waals surface area (Å²) >= 11 is 1.68. The number of thiazole rings is 1. The molecule has 2 aromatic rings. The average Bonchev–Trinajstić information content (AvgIpc) is 2.80. The molecule has 0 bridgehead atoms. The molecule has 0 saturated carbocycles. The molecule has 0 aliphatic carbocycles. The number of likely N-dealkylation sites (N-methyl/N-ethyl adjacent to an activating group) is 1. The maximum absolute atomic E-state index is 5.50. The highest BCUT2D eigenvalue weighted by Gasteiger charge is 2.05. The second-order valence-corrected chi connectivity index (χ2v) is 5.43. The molecule has 0 unspecified atom stereocenters. The third-order valence-corrected chi connectivity index (χ3v) is 3.96. The Balaban J connectivity index is 2.00. The molecule has 0 radical (unpaired) electrons. The van der Waals surface area contributed by atoms with Crippen molar-refractivity contribution in [2.24, 2.45) is 0 Å². The predicted octanol–water partition coefficient (Wildman–Crippen LogP) is 3.06. The highest BCUT2D eigenvalue weighted by atomic mass is 32.1. The van der Waals surface area contributed by atoms with Crippen molar-refractivity contribution in [3.63, 3.8) is 0 Å². The summed E-state index contributed by atoms with van der Waals surface area (Å²) in [5, 5.41) is 4.36. The molecule has 1 aromatic heterocycles. The normalized spacial score (nSPS) is 11.2. The van der Waals surface area contributed by atoms with Crippen LogP contribution in [0.4, 0.5) is 5.13 Å². The van der Waals surface area contributed by atoms with Gasteiger partial charge in [-0.2, -0.15) is 0 Å². The Kier molecular flexibility index (Phi) is 4.99. The Labute approximate surface area is 118 Å². The first-order valence-electron chi connectivity index (χ1n) is 6.68. The molecule has 19 heavy (non-hydrogen) atoms. The van der Waals surface area contributed by atoms with Gasteiger partial charge in [-0.05, 0) is 38.7 Å². The van der Waals surface area contributed by atoms with Crippen LogP contribution in [0.15, 0.2) is 18.2 Å². The maximum atomic E-state index is 5.50. The van der Waals surface area contributed by atoms with Crippen LogP contribution < -0.4 is 10.1 Å². The van der Waals surface area contributed by atoms with Gasteiger partial charge in [0.1, 0.15) is 5.75 Å². The summed E-state index contributed by atoms with van der Waals surface area (Å²) in [5.74, 6) is 0.913. The lowest BCUT2D eigenvalue weighted by atomic mass is 10.3. The van der Waals surface area contributed by atoms with E-state index in [2.05, 4.69) is 35.2 Å². The lowest BCUT2D eigenvalue weighted by molar-refractivity contribution is 0.341. The first-order valence-corrected chi connectivity index (χ1v) is 7.50. The second kappa shape index (κ2) is 6.73. The van der Waals surface area contributed by atoms with E-state index >= 15 is 0 Å². The summed E-state index contributed by atoms with van der Waals surface area (Å²) in [6.45, 7) is 7.86. The molecule has 1 heterocycles. The lowest BCUT2D eigenvalue weighted by Crippen LogP contribution is -2.24. The van der Waals surface area contributed by atoms with Crippen LogP contribution in [0, 0.1) is 0 Å². The zero-order chi connectivity index (χ0) is 13.7. The van der Waals surface area contributed by atoms with Crippen molar-refractivity contribution in [1.29, 1.82) is 0 Å². The number of nitrogens with one attached hydrogen (secondary N) is 1. The van der Waals surface area contributed by atoms with Gasteiger partial charge in [-0.15, -0.1) is 0 Å². The summed E-state index contributed by atoms with van der Waals surface area (Å²) in [5.41, 5.74) is 1.03. The van der Waals surface area contributed by atoms with Gasteiger partial charge in [0.05, 0.1) is 16.8 Å². The van der Waals surface area contributed by atoms with Crippen molar-refractivity contribution in [1.82, 2.24) is 9.88 Å². The van der Waals surface area contributed by atoms with E-state index in [1.54, 1.807) is 11.3 Å². The van der Waals surface area contributed by atoms with Gasteiger partial charge in [0.2, 0.25) is 0 Å². The first-order chi connectivity index (χ1) is 9.22. The highest BCUT2D eigenvalue weighted by Crippen LogP contribution is 2.29. The van der Waals surface area contributed by atoms with E-state index in [4.69, 9.17) is 4.74 Å². The average molecular weight is 279 g/mol.